The van der Waals surface area contributed by atoms with E-state index in [-0.39, 0.29) is 11.9 Å². The van der Waals surface area contributed by atoms with Crippen molar-refractivity contribution < 1.29 is 4.79 Å². The van der Waals surface area contributed by atoms with Crippen molar-refractivity contribution in [3.8, 4) is 0 Å². The molecule has 2 N–H and O–H groups in total. The first kappa shape index (κ1) is 16.7. The lowest BCUT2D eigenvalue weighted by molar-refractivity contribution is 0.102. The first-order chi connectivity index (χ1) is 12.4. The second-order valence-electron chi connectivity index (χ2n) is 8.02. The van der Waals surface area contributed by atoms with Crippen LogP contribution in [0.25, 0.3) is 11.0 Å². The van der Waals surface area contributed by atoms with Crippen LogP contribution < -0.4 is 5.32 Å². The van der Waals surface area contributed by atoms with Crippen molar-refractivity contribution in [3.63, 3.8) is 0 Å². The fourth-order valence-electron chi connectivity index (χ4n) is 3.64. The molecule has 26 heavy (non-hydrogen) atoms. The van der Waals surface area contributed by atoms with Crippen LogP contribution in [0.5, 0.6) is 0 Å². The molecular formula is C20H23N5O. The molecule has 0 saturated heterocycles. The SMILES string of the molecule is CC(C)(C)C1CCc2nc3c(C(=O)Nc4ncccn4)c[nH]c3cc2C1. The Morgan fingerprint density at radius 1 is 1.27 bits per heavy atom. The van der Waals surface area contributed by atoms with E-state index < -0.39 is 0 Å². The van der Waals surface area contributed by atoms with E-state index in [9.17, 15) is 4.79 Å². The third kappa shape index (κ3) is 3.07. The maximum absolute atomic E-state index is 12.6. The number of nitrogens with one attached hydrogen (secondary N) is 2. The molecule has 0 aromatic carbocycles. The van der Waals surface area contributed by atoms with Crippen molar-refractivity contribution >= 4 is 22.9 Å². The van der Waals surface area contributed by atoms with Gasteiger partial charge >= 0.3 is 0 Å². The van der Waals surface area contributed by atoms with Gasteiger partial charge in [-0.1, -0.05) is 20.8 Å². The number of rotatable bonds is 2. The summed E-state index contributed by atoms with van der Waals surface area (Å²) in [4.78, 5) is 28.7. The minimum atomic E-state index is -0.252. The van der Waals surface area contributed by atoms with Crippen molar-refractivity contribution in [2.45, 2.75) is 40.0 Å². The molecule has 3 aromatic heterocycles. The van der Waals surface area contributed by atoms with Gasteiger partial charge in [0.1, 0.15) is 5.52 Å². The van der Waals surface area contributed by atoms with Crippen LogP contribution in [0, 0.1) is 11.3 Å². The van der Waals surface area contributed by atoms with Crippen LogP contribution in [0.3, 0.4) is 0 Å². The summed E-state index contributed by atoms with van der Waals surface area (Å²) in [6.07, 6.45) is 8.04. The van der Waals surface area contributed by atoms with Crippen LogP contribution in [0.2, 0.25) is 0 Å². The highest BCUT2D eigenvalue weighted by Gasteiger charge is 2.30. The maximum atomic E-state index is 12.6. The van der Waals surface area contributed by atoms with Crippen molar-refractivity contribution in [1.29, 1.82) is 0 Å². The number of amides is 1. The molecule has 134 valence electrons. The minimum Gasteiger partial charge on any atom is -0.359 e. The first-order valence-electron chi connectivity index (χ1n) is 9.00. The second-order valence-corrected chi connectivity index (χ2v) is 8.02. The van der Waals surface area contributed by atoms with Crippen LogP contribution in [0.15, 0.2) is 30.7 Å². The zero-order valence-electron chi connectivity index (χ0n) is 15.3. The quantitative estimate of drug-likeness (QED) is 0.738. The Kier molecular flexibility index (Phi) is 3.98. The fraction of sp³-hybridized carbons (Fsp3) is 0.400. The summed E-state index contributed by atoms with van der Waals surface area (Å²) in [6.45, 7) is 6.91. The van der Waals surface area contributed by atoms with Crippen molar-refractivity contribution in [2.75, 3.05) is 5.32 Å². The second kappa shape index (κ2) is 6.20. The van der Waals surface area contributed by atoms with E-state index in [1.165, 1.54) is 5.56 Å². The van der Waals surface area contributed by atoms with E-state index in [1.807, 2.05) is 0 Å². The Hall–Kier alpha value is -2.76. The van der Waals surface area contributed by atoms with Crippen LogP contribution in [-0.4, -0.2) is 25.8 Å². The molecule has 1 aliphatic rings. The molecule has 1 unspecified atom stereocenters. The fourth-order valence-corrected chi connectivity index (χ4v) is 3.64. The van der Waals surface area contributed by atoms with Crippen molar-refractivity contribution in [2.24, 2.45) is 11.3 Å². The molecule has 0 saturated carbocycles. The van der Waals surface area contributed by atoms with Gasteiger partial charge in [0, 0.05) is 24.3 Å². The Balaban J connectivity index is 1.65. The summed E-state index contributed by atoms with van der Waals surface area (Å²) in [5.74, 6) is 0.693. The van der Waals surface area contributed by atoms with Crippen LogP contribution in [-0.2, 0) is 12.8 Å². The number of hydrogen-bond donors (Lipinski definition) is 2. The van der Waals surface area contributed by atoms with Gasteiger partial charge in [0.05, 0.1) is 11.1 Å². The smallest absolute Gasteiger partial charge is 0.261 e. The molecule has 3 aromatic rings. The lowest BCUT2D eigenvalue weighted by atomic mass is 9.71. The molecular weight excluding hydrogens is 326 g/mol. The standard InChI is InChI=1S/C20H23N5O/c1-20(2,3)13-5-6-15-12(9-13)10-16-17(24-15)14(11-23-16)18(26)25-19-21-7-4-8-22-19/h4,7-8,10-11,13,23H,5-6,9H2,1-3H3,(H,21,22,25,26). The molecule has 6 heteroatoms. The lowest BCUT2D eigenvalue weighted by Gasteiger charge is -2.34. The zero-order chi connectivity index (χ0) is 18.3. The van der Waals surface area contributed by atoms with Crippen LogP contribution in [0.1, 0.15) is 48.8 Å². The molecule has 0 bridgehead atoms. The largest absolute Gasteiger partial charge is 0.359 e. The van der Waals surface area contributed by atoms with Gasteiger partial charge in [-0.2, -0.15) is 0 Å². The average Bonchev–Trinajstić information content (AvgIpc) is 3.02. The number of H-pyrrole nitrogens is 1. The molecule has 0 radical (unpaired) electrons. The third-order valence-corrected chi connectivity index (χ3v) is 5.27. The van der Waals surface area contributed by atoms with Crippen molar-refractivity contribution in [1.82, 2.24) is 19.9 Å². The van der Waals surface area contributed by atoms with E-state index >= 15 is 0 Å². The van der Waals surface area contributed by atoms with E-state index in [0.717, 1.165) is 30.5 Å². The predicted octanol–water partition coefficient (Wildman–Crippen LogP) is 3.76. The summed E-state index contributed by atoms with van der Waals surface area (Å²) in [7, 11) is 0. The number of aryl methyl sites for hydroxylation is 1. The van der Waals surface area contributed by atoms with Gasteiger partial charge in [0.2, 0.25) is 5.95 Å². The summed E-state index contributed by atoms with van der Waals surface area (Å²) >= 11 is 0. The topological polar surface area (TPSA) is 83.6 Å². The number of fused-ring (bicyclic) bond motifs is 2. The third-order valence-electron chi connectivity index (χ3n) is 5.27. The van der Waals surface area contributed by atoms with Crippen LogP contribution in [0.4, 0.5) is 5.95 Å². The predicted molar refractivity (Wildman–Crippen MR) is 101 cm³/mol. The summed E-state index contributed by atoms with van der Waals surface area (Å²) in [6, 6.07) is 3.87. The van der Waals surface area contributed by atoms with Gasteiger partial charge in [-0.3, -0.25) is 15.1 Å². The maximum Gasteiger partial charge on any atom is 0.261 e. The Morgan fingerprint density at radius 2 is 2.04 bits per heavy atom. The van der Waals surface area contributed by atoms with E-state index in [1.54, 1.807) is 24.7 Å². The van der Waals surface area contributed by atoms with Gasteiger partial charge in [-0.05, 0) is 48.3 Å². The monoisotopic (exact) mass is 349 g/mol. The van der Waals surface area contributed by atoms with Gasteiger partial charge < -0.3 is 4.98 Å². The summed E-state index contributed by atoms with van der Waals surface area (Å²) in [5.41, 5.74) is 4.84. The van der Waals surface area contributed by atoms with Gasteiger partial charge in [0.15, 0.2) is 0 Å². The highest BCUT2D eigenvalue weighted by molar-refractivity contribution is 6.11. The first-order valence-corrected chi connectivity index (χ1v) is 9.00. The molecule has 1 amide bonds. The van der Waals surface area contributed by atoms with E-state index in [0.29, 0.717) is 22.4 Å². The molecule has 0 fully saturated rings. The number of pyridine rings is 1. The molecule has 6 nitrogen and oxygen atoms in total. The molecule has 4 rings (SSSR count). The summed E-state index contributed by atoms with van der Waals surface area (Å²) < 4.78 is 0. The minimum absolute atomic E-state index is 0.252. The van der Waals surface area contributed by atoms with Crippen LogP contribution >= 0.6 is 0 Å². The van der Waals surface area contributed by atoms with Gasteiger partial charge in [0.25, 0.3) is 5.91 Å². The molecule has 0 aliphatic heterocycles. The molecule has 0 spiro atoms. The number of hydrogen-bond acceptors (Lipinski definition) is 4. The lowest BCUT2D eigenvalue weighted by Crippen LogP contribution is -2.27. The number of anilines is 1. The zero-order valence-corrected chi connectivity index (χ0v) is 15.3. The number of aromatic nitrogens is 4. The van der Waals surface area contributed by atoms with E-state index in [2.05, 4.69) is 47.1 Å². The highest BCUT2D eigenvalue weighted by Crippen LogP contribution is 2.37. The Labute approximate surface area is 152 Å². The Morgan fingerprint density at radius 3 is 2.77 bits per heavy atom. The van der Waals surface area contributed by atoms with Gasteiger partial charge in [-0.15, -0.1) is 0 Å². The van der Waals surface area contributed by atoms with Crippen molar-refractivity contribution in [3.05, 3.63) is 47.5 Å². The average molecular weight is 349 g/mol. The highest BCUT2D eigenvalue weighted by atomic mass is 16.1. The number of carbonyl (C=O) groups is 1. The molecule has 1 aliphatic carbocycles. The number of aromatic amines is 1. The molecule has 3 heterocycles. The number of carbonyl (C=O) groups excluding carboxylic acids is 1. The summed E-state index contributed by atoms with van der Waals surface area (Å²) in [5, 5.41) is 2.72. The number of nitrogens with zero attached hydrogens (tertiary/aromatic N) is 3. The van der Waals surface area contributed by atoms with Gasteiger partial charge in [-0.25, -0.2) is 9.97 Å². The Bertz CT molecular complexity index is 955. The molecule has 1 atom stereocenters. The normalized spacial score (nSPS) is 17.1. The van der Waals surface area contributed by atoms with E-state index in [4.69, 9.17) is 4.98 Å².